The van der Waals surface area contributed by atoms with Crippen LogP contribution in [0.3, 0.4) is 0 Å². The molecule has 2 aliphatic carbocycles. The van der Waals surface area contributed by atoms with Crippen LogP contribution in [0.15, 0.2) is 42.2 Å². The molecule has 2 aromatic rings. The van der Waals surface area contributed by atoms with E-state index < -0.39 is 0 Å². The lowest BCUT2D eigenvalue weighted by Crippen LogP contribution is -2.34. The molecule has 4 rings (SSSR count). The maximum Gasteiger partial charge on any atom is 0.415 e. The molecule has 0 aromatic heterocycles. The Morgan fingerprint density at radius 2 is 1.66 bits per heavy atom. The number of unbranched alkanes of at least 4 members (excludes halogenated alkanes) is 1. The zero-order chi connectivity index (χ0) is 20.9. The molecule has 0 heterocycles. The summed E-state index contributed by atoms with van der Waals surface area (Å²) in [5.41, 5.74) is 13.8. The number of nitrogens with two attached hydrogens (primary N) is 2. The molecule has 0 bridgehead atoms. The number of hydrogen-bond donors (Lipinski definition) is 2. The van der Waals surface area contributed by atoms with Crippen LogP contribution in [0, 0.1) is 0 Å². The Morgan fingerprint density at radius 3 is 2.44 bits per heavy atom. The van der Waals surface area contributed by atoms with Gasteiger partial charge in [-0.1, -0.05) is 42.5 Å². The number of nitrogens with zero attached hydrogens (tertiary/aromatic N) is 1. The summed E-state index contributed by atoms with van der Waals surface area (Å²) < 4.78 is 5.73. The lowest BCUT2D eigenvalue weighted by molar-refractivity contribution is 0.131. The lowest BCUT2D eigenvalue weighted by atomic mass is 9.94. The molecule has 0 saturated carbocycles. The summed E-state index contributed by atoms with van der Waals surface area (Å²) in [7, 11) is 0. The van der Waals surface area contributed by atoms with Crippen LogP contribution in [0.2, 0.25) is 0 Å². The summed E-state index contributed by atoms with van der Waals surface area (Å²) in [5.74, 6) is 0.609. The third kappa shape index (κ3) is 5.54. The highest BCUT2D eigenvalue weighted by Gasteiger charge is 2.18. The Kier molecular flexibility index (Phi) is 9.79. The summed E-state index contributed by atoms with van der Waals surface area (Å²) in [6, 6.07) is 8.66. The number of halogens is 2. The highest BCUT2D eigenvalue weighted by Crippen LogP contribution is 2.23. The van der Waals surface area contributed by atoms with Crippen molar-refractivity contribution < 1.29 is 9.53 Å². The van der Waals surface area contributed by atoms with Crippen LogP contribution in [0.1, 0.15) is 30.4 Å². The smallest absolute Gasteiger partial charge is 0.411 e. The molecule has 0 fully saturated rings. The van der Waals surface area contributed by atoms with Gasteiger partial charge in [0.05, 0.1) is 0 Å². The van der Waals surface area contributed by atoms with E-state index in [4.69, 9.17) is 16.2 Å². The Morgan fingerprint density at radius 1 is 0.938 bits per heavy atom. The van der Waals surface area contributed by atoms with Gasteiger partial charge < -0.3 is 21.1 Å². The fraction of sp³-hybridized carbons (Fsp3) is 0.320. The van der Waals surface area contributed by atoms with Gasteiger partial charge in [-0.2, -0.15) is 0 Å². The van der Waals surface area contributed by atoms with Gasteiger partial charge in [0, 0.05) is 13.1 Å². The molecular weight excluding hydrogens is 445 g/mol. The average molecular weight is 476 g/mol. The van der Waals surface area contributed by atoms with Crippen molar-refractivity contribution in [1.82, 2.24) is 4.90 Å². The summed E-state index contributed by atoms with van der Waals surface area (Å²) in [4.78, 5) is 14.5. The van der Waals surface area contributed by atoms with Gasteiger partial charge in [0.1, 0.15) is 5.76 Å². The number of benzene rings is 2. The van der Waals surface area contributed by atoms with E-state index in [0.29, 0.717) is 31.9 Å². The zero-order valence-corrected chi connectivity index (χ0v) is 19.7. The molecule has 2 aliphatic rings. The van der Waals surface area contributed by atoms with Crippen molar-refractivity contribution in [2.45, 2.75) is 25.7 Å². The van der Waals surface area contributed by atoms with Crippen LogP contribution >= 0.6 is 24.8 Å². The fourth-order valence-electron chi connectivity index (χ4n) is 4.14. The van der Waals surface area contributed by atoms with E-state index in [1.54, 1.807) is 4.90 Å². The van der Waals surface area contributed by atoms with Crippen molar-refractivity contribution in [3.8, 4) is 0 Å². The van der Waals surface area contributed by atoms with Crippen molar-refractivity contribution in [2.75, 3.05) is 26.2 Å². The second-order valence-corrected chi connectivity index (χ2v) is 7.77. The van der Waals surface area contributed by atoms with E-state index in [2.05, 4.69) is 42.5 Å². The van der Waals surface area contributed by atoms with Crippen molar-refractivity contribution in [3.63, 3.8) is 0 Å². The number of amides is 1. The molecule has 32 heavy (non-hydrogen) atoms. The minimum Gasteiger partial charge on any atom is -0.411 e. The topological polar surface area (TPSA) is 81.6 Å². The molecule has 1 amide bonds. The second kappa shape index (κ2) is 12.1. The summed E-state index contributed by atoms with van der Waals surface area (Å²) in [6.07, 6.45) is 13.3. The first-order valence-electron chi connectivity index (χ1n) is 10.7. The van der Waals surface area contributed by atoms with Gasteiger partial charge in [0.15, 0.2) is 0 Å². The lowest BCUT2D eigenvalue weighted by Gasteiger charge is -2.22. The molecule has 4 N–H and O–H groups in total. The maximum absolute atomic E-state index is 12.7. The van der Waals surface area contributed by atoms with Crippen molar-refractivity contribution in [1.29, 1.82) is 0 Å². The molecular formula is C25H31Cl2N3O2. The van der Waals surface area contributed by atoms with Crippen molar-refractivity contribution >= 4 is 59.9 Å². The molecule has 2 aromatic carbocycles. The van der Waals surface area contributed by atoms with E-state index in [1.807, 2.05) is 12.2 Å². The van der Waals surface area contributed by atoms with Crippen LogP contribution < -0.4 is 21.9 Å². The molecule has 0 saturated heterocycles. The molecule has 0 unspecified atom stereocenters. The first-order valence-corrected chi connectivity index (χ1v) is 10.7. The highest BCUT2D eigenvalue weighted by atomic mass is 35.5. The normalized spacial score (nSPS) is 13.0. The fourth-order valence-corrected chi connectivity index (χ4v) is 4.14. The van der Waals surface area contributed by atoms with Crippen LogP contribution in [-0.4, -0.2) is 37.2 Å². The van der Waals surface area contributed by atoms with Crippen LogP contribution in [0.4, 0.5) is 4.79 Å². The average Bonchev–Trinajstić information content (AvgIpc) is 3.25. The van der Waals surface area contributed by atoms with Gasteiger partial charge in [-0.15, -0.1) is 24.8 Å². The van der Waals surface area contributed by atoms with E-state index >= 15 is 0 Å². The van der Waals surface area contributed by atoms with Gasteiger partial charge in [-0.25, -0.2) is 4.79 Å². The predicted octanol–water partition coefficient (Wildman–Crippen LogP) is 3.24. The molecule has 0 spiro atoms. The van der Waals surface area contributed by atoms with Crippen molar-refractivity contribution in [3.05, 3.63) is 63.7 Å². The number of ether oxygens (including phenoxy) is 1. The Labute approximate surface area is 201 Å². The Balaban J connectivity index is 0.00000181. The van der Waals surface area contributed by atoms with Crippen LogP contribution in [0.25, 0.3) is 29.0 Å². The summed E-state index contributed by atoms with van der Waals surface area (Å²) in [6.45, 7) is 2.41. The van der Waals surface area contributed by atoms with Gasteiger partial charge in [0.2, 0.25) is 0 Å². The number of allylic oxidation sites excluding steroid dienone is 3. The monoisotopic (exact) mass is 475 g/mol. The summed E-state index contributed by atoms with van der Waals surface area (Å²) in [5, 5.41) is 4.90. The van der Waals surface area contributed by atoms with Gasteiger partial charge in [-0.05, 0) is 83.3 Å². The highest BCUT2D eigenvalue weighted by molar-refractivity contribution is 5.96. The number of fused-ring (bicyclic) bond motifs is 5. The van der Waals surface area contributed by atoms with Crippen molar-refractivity contribution in [2.24, 2.45) is 11.5 Å². The molecule has 0 atom stereocenters. The maximum atomic E-state index is 12.7. The molecule has 5 nitrogen and oxygen atoms in total. The van der Waals surface area contributed by atoms with E-state index in [9.17, 15) is 4.79 Å². The van der Waals surface area contributed by atoms with Crippen LogP contribution in [-0.2, 0) is 11.2 Å². The number of carbonyl (C=O) groups excluding carboxylic acids is 1. The minimum absolute atomic E-state index is 0. The number of rotatable bonds is 8. The quantitative estimate of drug-likeness (QED) is 0.574. The number of hydrogen-bond acceptors (Lipinski definition) is 4. The molecule has 7 heteroatoms. The van der Waals surface area contributed by atoms with E-state index in [-0.39, 0.29) is 30.9 Å². The molecule has 0 radical (unpaired) electrons. The third-order valence-corrected chi connectivity index (χ3v) is 5.75. The standard InChI is InChI=1S/C25H29N3O2.2ClH/c26-13-1-2-15-28(16-4-14-27)25(29)30-20-9-12-22-19(17-20)8-11-23-21-6-3-5-18(21)7-10-24(22)23;;/h3,5-11,17H,1-2,4,12-16,26-27H2;2*1H. The van der Waals surface area contributed by atoms with E-state index in [0.717, 1.165) is 30.9 Å². The summed E-state index contributed by atoms with van der Waals surface area (Å²) >= 11 is 0. The Bertz CT molecular complexity index is 1140. The number of carbonyl (C=O) groups is 1. The first kappa shape index (κ1) is 25.9. The predicted molar refractivity (Wildman–Crippen MR) is 137 cm³/mol. The Hall–Kier alpha value is -2.31. The SMILES string of the molecule is Cl.Cl.NCCCCN(CCCN)C(=O)OC1=CCc2c(ccc3c4c(ccc23)=CC=C4)=C1. The minimum atomic E-state index is -0.314. The molecule has 0 aliphatic heterocycles. The first-order chi connectivity index (χ1) is 14.7. The van der Waals surface area contributed by atoms with Gasteiger partial charge >= 0.3 is 6.09 Å². The largest absolute Gasteiger partial charge is 0.415 e. The second-order valence-electron chi connectivity index (χ2n) is 7.77. The molecule has 172 valence electrons. The van der Waals surface area contributed by atoms with Gasteiger partial charge in [0.25, 0.3) is 0 Å². The third-order valence-electron chi connectivity index (χ3n) is 5.75. The zero-order valence-electron chi connectivity index (χ0n) is 18.1. The van der Waals surface area contributed by atoms with Crippen LogP contribution in [0.5, 0.6) is 0 Å². The van der Waals surface area contributed by atoms with Gasteiger partial charge in [-0.3, -0.25) is 0 Å². The van der Waals surface area contributed by atoms with E-state index in [1.165, 1.54) is 27.1 Å².